The number of methoxy groups -OCH3 is 1. The fourth-order valence-electron chi connectivity index (χ4n) is 1.95. The average molecular weight is 296 g/mol. The summed E-state index contributed by atoms with van der Waals surface area (Å²) in [4.78, 5) is 12.1. The molecule has 0 spiro atoms. The van der Waals surface area contributed by atoms with E-state index >= 15 is 0 Å². The van der Waals surface area contributed by atoms with Crippen LogP contribution in [0.4, 0.5) is 0 Å². The predicted octanol–water partition coefficient (Wildman–Crippen LogP) is 2.82. The van der Waals surface area contributed by atoms with Gasteiger partial charge in [-0.05, 0) is 37.3 Å². The van der Waals surface area contributed by atoms with Crippen molar-refractivity contribution in [1.82, 2.24) is 5.32 Å². The topological polar surface area (TPSA) is 75.3 Å². The molecule has 5 heteroatoms. The van der Waals surface area contributed by atoms with Crippen molar-refractivity contribution in [2.24, 2.45) is 0 Å². The fourth-order valence-corrected chi connectivity index (χ4v) is 1.95. The monoisotopic (exact) mass is 296 g/mol. The second kappa shape index (κ2) is 7.14. The number of amides is 1. The first-order valence-corrected chi connectivity index (χ1v) is 6.71. The second-order valence-corrected chi connectivity index (χ2v) is 4.68. The van der Waals surface area contributed by atoms with Crippen molar-refractivity contribution in [3.05, 3.63) is 59.1 Å². The minimum Gasteiger partial charge on any atom is -0.496 e. The van der Waals surface area contributed by atoms with E-state index in [1.165, 1.54) is 12.3 Å². The number of nitrogens with one attached hydrogen (secondary N) is 1. The maximum Gasteiger partial charge on any atom is 0.262 e. The van der Waals surface area contributed by atoms with Gasteiger partial charge in [-0.15, -0.1) is 0 Å². The normalized spacial score (nSPS) is 10.9. The first kappa shape index (κ1) is 15.4. The summed E-state index contributed by atoms with van der Waals surface area (Å²) in [5.74, 6) is 0.776. The fraction of sp³-hybridized carbons (Fsp3) is 0.176. The van der Waals surface area contributed by atoms with Crippen LogP contribution in [0.15, 0.2) is 46.6 Å². The van der Waals surface area contributed by atoms with E-state index in [1.807, 2.05) is 25.1 Å². The van der Waals surface area contributed by atoms with E-state index in [9.17, 15) is 10.1 Å². The molecule has 0 saturated heterocycles. The van der Waals surface area contributed by atoms with Crippen LogP contribution in [0.1, 0.15) is 16.9 Å². The largest absolute Gasteiger partial charge is 0.496 e. The molecule has 2 rings (SSSR count). The van der Waals surface area contributed by atoms with Gasteiger partial charge in [0.15, 0.2) is 0 Å². The molecule has 0 aliphatic rings. The molecule has 22 heavy (non-hydrogen) atoms. The molecule has 5 nitrogen and oxygen atoms in total. The second-order valence-electron chi connectivity index (χ2n) is 4.68. The molecule has 0 fully saturated rings. The highest BCUT2D eigenvalue weighted by Gasteiger charge is 2.11. The molecular weight excluding hydrogens is 280 g/mol. The Morgan fingerprint density at radius 3 is 2.91 bits per heavy atom. The van der Waals surface area contributed by atoms with Crippen LogP contribution in [0.3, 0.4) is 0 Å². The summed E-state index contributed by atoms with van der Waals surface area (Å²) in [6, 6.07) is 11.0. The summed E-state index contributed by atoms with van der Waals surface area (Å²) in [7, 11) is 1.55. The van der Waals surface area contributed by atoms with Crippen LogP contribution < -0.4 is 10.1 Å². The van der Waals surface area contributed by atoms with Crippen LogP contribution in [0, 0.1) is 18.3 Å². The lowest BCUT2D eigenvalue weighted by molar-refractivity contribution is -0.117. The molecule has 1 aromatic carbocycles. The Balaban J connectivity index is 2.18. The molecule has 0 radical (unpaired) electrons. The third-order valence-corrected chi connectivity index (χ3v) is 3.05. The molecule has 1 heterocycles. The lowest BCUT2D eigenvalue weighted by Crippen LogP contribution is -2.23. The quantitative estimate of drug-likeness (QED) is 0.680. The Labute approximate surface area is 128 Å². The minimum atomic E-state index is -0.456. The Bertz CT molecular complexity index is 725. The number of ether oxygens (including phenoxy) is 1. The molecule has 0 saturated carbocycles. The van der Waals surface area contributed by atoms with Crippen LogP contribution in [0.2, 0.25) is 0 Å². The zero-order chi connectivity index (χ0) is 15.9. The van der Waals surface area contributed by atoms with Gasteiger partial charge in [0.25, 0.3) is 5.91 Å². The molecule has 112 valence electrons. The molecule has 0 aliphatic carbocycles. The smallest absolute Gasteiger partial charge is 0.262 e. The molecule has 1 aromatic heterocycles. The average Bonchev–Trinajstić information content (AvgIpc) is 3.04. The van der Waals surface area contributed by atoms with Gasteiger partial charge in [0, 0.05) is 5.56 Å². The summed E-state index contributed by atoms with van der Waals surface area (Å²) >= 11 is 0. The van der Waals surface area contributed by atoms with Crippen LogP contribution in [0.5, 0.6) is 5.75 Å². The van der Waals surface area contributed by atoms with Gasteiger partial charge < -0.3 is 14.5 Å². The van der Waals surface area contributed by atoms with Crippen molar-refractivity contribution in [3.63, 3.8) is 0 Å². The van der Waals surface area contributed by atoms with Crippen molar-refractivity contribution in [3.8, 4) is 11.8 Å². The number of nitrogens with zero attached hydrogens (tertiary/aromatic N) is 1. The number of carbonyl (C=O) groups is 1. The zero-order valence-corrected chi connectivity index (χ0v) is 12.4. The van der Waals surface area contributed by atoms with Crippen molar-refractivity contribution in [1.29, 1.82) is 5.26 Å². The molecule has 1 N–H and O–H groups in total. The number of hydrogen-bond acceptors (Lipinski definition) is 4. The van der Waals surface area contributed by atoms with E-state index in [0.29, 0.717) is 17.1 Å². The van der Waals surface area contributed by atoms with Gasteiger partial charge in [0.1, 0.15) is 23.2 Å². The number of carbonyl (C=O) groups excluding carboxylic acids is 1. The van der Waals surface area contributed by atoms with Crippen LogP contribution in [-0.2, 0) is 11.3 Å². The van der Waals surface area contributed by atoms with Gasteiger partial charge in [0.05, 0.1) is 19.9 Å². The van der Waals surface area contributed by atoms with Crippen molar-refractivity contribution in [2.45, 2.75) is 13.5 Å². The first-order chi connectivity index (χ1) is 10.6. The third-order valence-electron chi connectivity index (χ3n) is 3.05. The maximum absolute atomic E-state index is 12.1. The Kier molecular flexibility index (Phi) is 4.99. The Hall–Kier alpha value is -3.00. The van der Waals surface area contributed by atoms with Gasteiger partial charge in [-0.25, -0.2) is 0 Å². The number of rotatable bonds is 5. The van der Waals surface area contributed by atoms with Crippen molar-refractivity contribution in [2.75, 3.05) is 7.11 Å². The van der Waals surface area contributed by atoms with Crippen molar-refractivity contribution < 1.29 is 13.9 Å². The third kappa shape index (κ3) is 3.76. The van der Waals surface area contributed by atoms with Gasteiger partial charge in [-0.1, -0.05) is 11.6 Å². The van der Waals surface area contributed by atoms with Crippen LogP contribution >= 0.6 is 0 Å². The van der Waals surface area contributed by atoms with Crippen molar-refractivity contribution >= 4 is 12.0 Å². The maximum atomic E-state index is 12.1. The lowest BCUT2D eigenvalue weighted by atomic mass is 10.1. The lowest BCUT2D eigenvalue weighted by Gasteiger charge is -2.07. The Morgan fingerprint density at radius 1 is 1.45 bits per heavy atom. The first-order valence-electron chi connectivity index (χ1n) is 6.71. The van der Waals surface area contributed by atoms with Gasteiger partial charge in [-0.2, -0.15) is 5.26 Å². The molecule has 0 atom stereocenters. The van der Waals surface area contributed by atoms with E-state index < -0.39 is 5.91 Å². The molecule has 2 aromatic rings. The van der Waals surface area contributed by atoms with E-state index in [2.05, 4.69) is 5.32 Å². The number of benzene rings is 1. The molecular formula is C17H16N2O3. The van der Waals surface area contributed by atoms with Crippen LogP contribution in [-0.4, -0.2) is 13.0 Å². The number of aryl methyl sites for hydroxylation is 1. The van der Waals surface area contributed by atoms with Gasteiger partial charge >= 0.3 is 0 Å². The summed E-state index contributed by atoms with van der Waals surface area (Å²) in [6.07, 6.45) is 3.05. The summed E-state index contributed by atoms with van der Waals surface area (Å²) < 4.78 is 10.4. The molecule has 0 aliphatic heterocycles. The summed E-state index contributed by atoms with van der Waals surface area (Å²) in [5.41, 5.74) is 1.71. The highest BCUT2D eigenvalue weighted by molar-refractivity contribution is 6.01. The number of furan rings is 1. The zero-order valence-electron chi connectivity index (χ0n) is 12.4. The standard InChI is InChI=1S/C17H16N2O3/c1-12-5-6-16(21-2)13(8-12)9-14(10-18)17(20)19-11-15-4-3-7-22-15/h3-9H,11H2,1-2H3,(H,19,20)/b14-9+. The highest BCUT2D eigenvalue weighted by Crippen LogP contribution is 2.22. The van der Waals surface area contributed by atoms with E-state index in [4.69, 9.17) is 9.15 Å². The predicted molar refractivity (Wildman–Crippen MR) is 81.9 cm³/mol. The summed E-state index contributed by atoms with van der Waals surface area (Å²) in [6.45, 7) is 2.16. The van der Waals surface area contributed by atoms with E-state index in [1.54, 1.807) is 25.3 Å². The van der Waals surface area contributed by atoms with Crippen LogP contribution in [0.25, 0.3) is 6.08 Å². The minimum absolute atomic E-state index is 0.00968. The Morgan fingerprint density at radius 2 is 2.27 bits per heavy atom. The van der Waals surface area contributed by atoms with Gasteiger partial charge in [0.2, 0.25) is 0 Å². The molecule has 1 amide bonds. The van der Waals surface area contributed by atoms with Gasteiger partial charge in [-0.3, -0.25) is 4.79 Å². The summed E-state index contributed by atoms with van der Waals surface area (Å²) in [5, 5.41) is 11.8. The number of hydrogen-bond donors (Lipinski definition) is 1. The number of nitriles is 1. The highest BCUT2D eigenvalue weighted by atomic mass is 16.5. The molecule has 0 unspecified atom stereocenters. The van der Waals surface area contributed by atoms with E-state index in [-0.39, 0.29) is 12.1 Å². The van der Waals surface area contributed by atoms with E-state index in [0.717, 1.165) is 5.56 Å². The molecule has 0 bridgehead atoms. The SMILES string of the molecule is COc1ccc(C)cc1/C=C(\C#N)C(=O)NCc1ccco1.